The van der Waals surface area contributed by atoms with Crippen LogP contribution in [0.5, 0.6) is 0 Å². The Morgan fingerprint density at radius 3 is 2.44 bits per heavy atom. The molecule has 1 fully saturated rings. The third kappa shape index (κ3) is 4.76. The summed E-state index contributed by atoms with van der Waals surface area (Å²) in [6.07, 6.45) is 0. The molecule has 2 heterocycles. The standard InChI is InChI=1S/C17H21N5O3S2/c1-13-11-15(18)20-17(19-13)26-12-16(23)21-7-9-22(10-8-21)27(24,25)14-5-3-2-4-6-14/h2-6,11H,7-10,12H2,1H3,(H2,18,19,20). The minimum absolute atomic E-state index is 0.0690. The summed E-state index contributed by atoms with van der Waals surface area (Å²) >= 11 is 1.23. The molecule has 10 heteroatoms. The zero-order valence-electron chi connectivity index (χ0n) is 14.9. The number of aryl methyl sites for hydroxylation is 1. The van der Waals surface area contributed by atoms with E-state index in [0.29, 0.717) is 24.1 Å². The summed E-state index contributed by atoms with van der Waals surface area (Å²) in [5.74, 6) is 0.492. The van der Waals surface area contributed by atoms with Gasteiger partial charge < -0.3 is 10.6 Å². The number of hydrogen-bond donors (Lipinski definition) is 1. The van der Waals surface area contributed by atoms with Crippen LogP contribution in [0.2, 0.25) is 0 Å². The topological polar surface area (TPSA) is 109 Å². The number of amides is 1. The molecule has 1 aromatic heterocycles. The third-order valence-electron chi connectivity index (χ3n) is 4.15. The van der Waals surface area contributed by atoms with E-state index in [4.69, 9.17) is 5.73 Å². The zero-order chi connectivity index (χ0) is 19.4. The van der Waals surface area contributed by atoms with Gasteiger partial charge in [-0.15, -0.1) is 0 Å². The number of nitrogen functional groups attached to an aromatic ring is 1. The van der Waals surface area contributed by atoms with Crippen LogP contribution >= 0.6 is 11.8 Å². The molecule has 2 aromatic rings. The Morgan fingerprint density at radius 1 is 1.15 bits per heavy atom. The van der Waals surface area contributed by atoms with Crippen LogP contribution < -0.4 is 5.73 Å². The van der Waals surface area contributed by atoms with Gasteiger partial charge in [-0.3, -0.25) is 4.79 Å². The second-order valence-electron chi connectivity index (χ2n) is 6.10. The summed E-state index contributed by atoms with van der Waals surface area (Å²) < 4.78 is 26.7. The van der Waals surface area contributed by atoms with Crippen molar-refractivity contribution in [3.8, 4) is 0 Å². The third-order valence-corrected chi connectivity index (χ3v) is 6.90. The lowest BCUT2D eigenvalue weighted by atomic mass is 10.3. The van der Waals surface area contributed by atoms with Gasteiger partial charge in [0.1, 0.15) is 5.82 Å². The van der Waals surface area contributed by atoms with Crippen molar-refractivity contribution in [2.75, 3.05) is 37.7 Å². The number of anilines is 1. The fraction of sp³-hybridized carbons (Fsp3) is 0.353. The maximum atomic E-state index is 12.6. The lowest BCUT2D eigenvalue weighted by Gasteiger charge is -2.34. The van der Waals surface area contributed by atoms with Crippen molar-refractivity contribution in [3.05, 3.63) is 42.1 Å². The molecule has 8 nitrogen and oxygen atoms in total. The quantitative estimate of drug-likeness (QED) is 0.581. The van der Waals surface area contributed by atoms with E-state index >= 15 is 0 Å². The van der Waals surface area contributed by atoms with Gasteiger partial charge in [-0.2, -0.15) is 4.31 Å². The number of benzene rings is 1. The zero-order valence-corrected chi connectivity index (χ0v) is 16.5. The second-order valence-corrected chi connectivity index (χ2v) is 8.98. The van der Waals surface area contributed by atoms with Gasteiger partial charge in [-0.1, -0.05) is 30.0 Å². The molecule has 0 radical (unpaired) electrons. The van der Waals surface area contributed by atoms with Gasteiger partial charge in [-0.25, -0.2) is 18.4 Å². The SMILES string of the molecule is Cc1cc(N)nc(SCC(=O)N2CCN(S(=O)(=O)c3ccccc3)CC2)n1. The number of piperazine rings is 1. The molecule has 1 aliphatic rings. The first-order valence-corrected chi connectivity index (χ1v) is 10.9. The number of nitrogens with zero attached hydrogens (tertiary/aromatic N) is 4. The molecule has 0 bridgehead atoms. The maximum absolute atomic E-state index is 12.6. The van der Waals surface area contributed by atoms with Crippen LogP contribution in [0, 0.1) is 6.92 Å². The molecular formula is C17H21N5O3S2. The highest BCUT2D eigenvalue weighted by Crippen LogP contribution is 2.19. The first kappa shape index (κ1) is 19.6. The van der Waals surface area contributed by atoms with Crippen LogP contribution in [0.3, 0.4) is 0 Å². The van der Waals surface area contributed by atoms with Gasteiger partial charge >= 0.3 is 0 Å². The fourth-order valence-electron chi connectivity index (χ4n) is 2.77. The highest BCUT2D eigenvalue weighted by atomic mass is 32.2. The molecule has 1 aliphatic heterocycles. The first-order valence-electron chi connectivity index (χ1n) is 8.43. The van der Waals surface area contributed by atoms with Gasteiger partial charge in [0.2, 0.25) is 15.9 Å². The van der Waals surface area contributed by atoms with Crippen molar-refractivity contribution in [1.82, 2.24) is 19.2 Å². The molecule has 0 unspecified atom stereocenters. The van der Waals surface area contributed by atoms with E-state index in [1.165, 1.54) is 16.1 Å². The van der Waals surface area contributed by atoms with Crippen LogP contribution in [0.4, 0.5) is 5.82 Å². The van der Waals surface area contributed by atoms with Gasteiger partial charge in [0.15, 0.2) is 5.16 Å². The van der Waals surface area contributed by atoms with E-state index in [2.05, 4.69) is 9.97 Å². The molecule has 1 saturated heterocycles. The smallest absolute Gasteiger partial charge is 0.243 e. The number of hydrogen-bond acceptors (Lipinski definition) is 7. The summed E-state index contributed by atoms with van der Waals surface area (Å²) in [6, 6.07) is 10.00. The molecule has 3 rings (SSSR count). The normalized spacial score (nSPS) is 15.7. The van der Waals surface area contributed by atoms with Crippen molar-refractivity contribution in [1.29, 1.82) is 0 Å². The van der Waals surface area contributed by atoms with Gasteiger partial charge in [0, 0.05) is 37.9 Å². The van der Waals surface area contributed by atoms with Crippen LogP contribution in [-0.4, -0.2) is 65.4 Å². The molecule has 0 saturated carbocycles. The van der Waals surface area contributed by atoms with Crippen LogP contribution in [0.25, 0.3) is 0 Å². The van der Waals surface area contributed by atoms with Crippen LogP contribution in [0.1, 0.15) is 5.69 Å². The lowest BCUT2D eigenvalue weighted by molar-refractivity contribution is -0.129. The average molecular weight is 408 g/mol. The van der Waals surface area contributed by atoms with Crippen molar-refractivity contribution in [3.63, 3.8) is 0 Å². The molecule has 1 amide bonds. The molecule has 0 aliphatic carbocycles. The minimum atomic E-state index is -3.52. The summed E-state index contributed by atoms with van der Waals surface area (Å²) in [6.45, 7) is 3.10. The second kappa shape index (κ2) is 8.24. The van der Waals surface area contributed by atoms with Gasteiger partial charge in [-0.05, 0) is 19.1 Å². The number of carbonyl (C=O) groups excluding carboxylic acids is 1. The highest BCUT2D eigenvalue weighted by molar-refractivity contribution is 7.99. The van der Waals surface area contributed by atoms with E-state index in [0.717, 1.165) is 5.69 Å². The van der Waals surface area contributed by atoms with Gasteiger partial charge in [0.05, 0.1) is 10.6 Å². The minimum Gasteiger partial charge on any atom is -0.384 e. The fourth-order valence-corrected chi connectivity index (χ4v) is 5.02. The average Bonchev–Trinajstić information content (AvgIpc) is 2.66. The highest BCUT2D eigenvalue weighted by Gasteiger charge is 2.29. The van der Waals surface area contributed by atoms with Crippen molar-refractivity contribution >= 4 is 33.5 Å². The lowest BCUT2D eigenvalue weighted by Crippen LogP contribution is -2.50. The molecule has 0 atom stereocenters. The number of sulfonamides is 1. The molecule has 1 aromatic carbocycles. The van der Waals surface area contributed by atoms with E-state index in [9.17, 15) is 13.2 Å². The molecular weight excluding hydrogens is 386 g/mol. The Hall–Kier alpha value is -2.17. The summed E-state index contributed by atoms with van der Waals surface area (Å²) in [7, 11) is -3.52. The van der Waals surface area contributed by atoms with E-state index in [-0.39, 0.29) is 29.6 Å². The Balaban J connectivity index is 1.55. The predicted octanol–water partition coefficient (Wildman–Crippen LogP) is 0.992. The van der Waals surface area contributed by atoms with Crippen molar-refractivity contribution in [2.45, 2.75) is 17.0 Å². The van der Waals surface area contributed by atoms with Crippen LogP contribution in [-0.2, 0) is 14.8 Å². The predicted molar refractivity (Wildman–Crippen MR) is 104 cm³/mol. The molecule has 2 N–H and O–H groups in total. The Bertz CT molecular complexity index is 893. The number of aromatic nitrogens is 2. The van der Waals surface area contributed by atoms with E-state index in [1.807, 2.05) is 6.92 Å². The number of nitrogens with two attached hydrogens (primary N) is 1. The molecule has 27 heavy (non-hydrogen) atoms. The van der Waals surface area contributed by atoms with Crippen LogP contribution in [0.15, 0.2) is 46.5 Å². The molecule has 0 spiro atoms. The van der Waals surface area contributed by atoms with Gasteiger partial charge in [0.25, 0.3) is 0 Å². The summed E-state index contributed by atoms with van der Waals surface area (Å²) in [4.78, 5) is 22.7. The maximum Gasteiger partial charge on any atom is 0.243 e. The summed E-state index contributed by atoms with van der Waals surface area (Å²) in [5, 5.41) is 0.464. The number of thioether (sulfide) groups is 1. The molecule has 144 valence electrons. The number of carbonyl (C=O) groups is 1. The van der Waals surface area contributed by atoms with E-state index < -0.39 is 10.0 Å². The summed E-state index contributed by atoms with van der Waals surface area (Å²) in [5.41, 5.74) is 6.44. The Morgan fingerprint density at radius 2 is 1.81 bits per heavy atom. The van der Waals surface area contributed by atoms with Crippen molar-refractivity contribution < 1.29 is 13.2 Å². The number of rotatable bonds is 5. The largest absolute Gasteiger partial charge is 0.384 e. The Kier molecular flexibility index (Phi) is 5.98. The van der Waals surface area contributed by atoms with E-state index in [1.54, 1.807) is 41.3 Å². The monoisotopic (exact) mass is 407 g/mol. The Labute approximate surface area is 162 Å². The van der Waals surface area contributed by atoms with Crippen molar-refractivity contribution in [2.24, 2.45) is 0 Å². The first-order chi connectivity index (χ1) is 12.9.